The van der Waals surface area contributed by atoms with Crippen molar-refractivity contribution in [3.63, 3.8) is 0 Å². The molecule has 0 radical (unpaired) electrons. The highest BCUT2D eigenvalue weighted by Crippen LogP contribution is 2.12. The van der Waals surface area contributed by atoms with Crippen LogP contribution >= 0.6 is 0 Å². The zero-order valence-electron chi connectivity index (χ0n) is 10.9. The van der Waals surface area contributed by atoms with Crippen molar-refractivity contribution < 1.29 is 9.53 Å². The molecule has 0 aromatic heterocycles. The number of benzene rings is 1. The van der Waals surface area contributed by atoms with Crippen LogP contribution in [0.1, 0.15) is 11.1 Å². The third-order valence-corrected chi connectivity index (χ3v) is 3.15. The number of carbonyl (C=O) groups excluding carboxylic acids is 1. The van der Waals surface area contributed by atoms with Crippen molar-refractivity contribution in [2.45, 2.75) is 12.6 Å². The van der Waals surface area contributed by atoms with E-state index in [0.717, 1.165) is 18.7 Å². The van der Waals surface area contributed by atoms with Crippen molar-refractivity contribution in [3.8, 4) is 6.07 Å². The van der Waals surface area contributed by atoms with Gasteiger partial charge in [0.25, 0.3) is 0 Å². The van der Waals surface area contributed by atoms with E-state index in [4.69, 9.17) is 10.00 Å². The first-order chi connectivity index (χ1) is 9.22. The van der Waals surface area contributed by atoms with Gasteiger partial charge in [-0.3, -0.25) is 9.69 Å². The SMILES string of the molecule is CNC(=O)C1CN(Cc2cccc(C#N)c2)CCO1. The molecule has 0 spiro atoms. The molecule has 1 heterocycles. The maximum atomic E-state index is 11.6. The quantitative estimate of drug-likeness (QED) is 0.858. The van der Waals surface area contributed by atoms with Gasteiger partial charge in [0.05, 0.1) is 18.2 Å². The van der Waals surface area contributed by atoms with Gasteiger partial charge in [-0.15, -0.1) is 0 Å². The first kappa shape index (κ1) is 13.5. The minimum absolute atomic E-state index is 0.0875. The fourth-order valence-electron chi connectivity index (χ4n) is 2.16. The van der Waals surface area contributed by atoms with Crippen LogP contribution < -0.4 is 5.32 Å². The lowest BCUT2D eigenvalue weighted by Gasteiger charge is -2.31. The minimum atomic E-state index is -0.405. The highest BCUT2D eigenvalue weighted by atomic mass is 16.5. The number of ether oxygens (including phenoxy) is 1. The lowest BCUT2D eigenvalue weighted by molar-refractivity contribution is -0.138. The molecule has 2 rings (SSSR count). The molecule has 1 aliphatic heterocycles. The van der Waals surface area contributed by atoms with Gasteiger partial charge >= 0.3 is 0 Å². The summed E-state index contributed by atoms with van der Waals surface area (Å²) in [6, 6.07) is 9.67. The molecule has 1 saturated heterocycles. The molecule has 1 amide bonds. The average molecular weight is 259 g/mol. The van der Waals surface area contributed by atoms with E-state index in [0.29, 0.717) is 18.7 Å². The Balaban J connectivity index is 1.98. The molecule has 100 valence electrons. The monoisotopic (exact) mass is 259 g/mol. The summed E-state index contributed by atoms with van der Waals surface area (Å²) in [5.74, 6) is -0.0875. The van der Waals surface area contributed by atoms with Crippen LogP contribution in [0.5, 0.6) is 0 Å². The topological polar surface area (TPSA) is 65.4 Å². The number of carbonyl (C=O) groups is 1. The lowest BCUT2D eigenvalue weighted by atomic mass is 10.1. The zero-order chi connectivity index (χ0) is 13.7. The van der Waals surface area contributed by atoms with Gasteiger partial charge in [0.15, 0.2) is 0 Å². The van der Waals surface area contributed by atoms with E-state index in [1.165, 1.54) is 0 Å². The van der Waals surface area contributed by atoms with Crippen molar-refractivity contribution in [1.29, 1.82) is 5.26 Å². The van der Waals surface area contributed by atoms with Crippen LogP contribution in [0.3, 0.4) is 0 Å². The van der Waals surface area contributed by atoms with Crippen molar-refractivity contribution in [2.75, 3.05) is 26.7 Å². The zero-order valence-corrected chi connectivity index (χ0v) is 10.9. The largest absolute Gasteiger partial charge is 0.366 e. The van der Waals surface area contributed by atoms with Gasteiger partial charge in [0, 0.05) is 26.7 Å². The summed E-state index contributed by atoms with van der Waals surface area (Å²) < 4.78 is 5.44. The summed E-state index contributed by atoms with van der Waals surface area (Å²) >= 11 is 0. The molecule has 0 bridgehead atoms. The van der Waals surface area contributed by atoms with Gasteiger partial charge in [-0.25, -0.2) is 0 Å². The molecular formula is C14H17N3O2. The van der Waals surface area contributed by atoms with Gasteiger partial charge in [-0.1, -0.05) is 12.1 Å². The molecule has 1 fully saturated rings. The van der Waals surface area contributed by atoms with Gasteiger partial charge in [0.2, 0.25) is 5.91 Å². The first-order valence-corrected chi connectivity index (χ1v) is 6.27. The summed E-state index contributed by atoms with van der Waals surface area (Å²) in [5, 5.41) is 11.5. The highest BCUT2D eigenvalue weighted by Gasteiger charge is 2.25. The maximum absolute atomic E-state index is 11.6. The number of nitrogens with one attached hydrogen (secondary N) is 1. The van der Waals surface area contributed by atoms with Crippen molar-refractivity contribution in [2.24, 2.45) is 0 Å². The molecule has 0 saturated carbocycles. The van der Waals surface area contributed by atoms with Crippen molar-refractivity contribution >= 4 is 5.91 Å². The standard InChI is InChI=1S/C14H17N3O2/c1-16-14(18)13-10-17(5-6-19-13)9-12-4-2-3-11(7-12)8-15/h2-4,7,13H,5-6,9-10H2,1H3,(H,16,18). The summed E-state index contributed by atoms with van der Waals surface area (Å²) in [6.45, 7) is 2.66. The normalized spacial score (nSPS) is 19.7. The molecular weight excluding hydrogens is 242 g/mol. The van der Waals surface area contributed by atoms with Crippen LogP contribution in [0.25, 0.3) is 0 Å². The maximum Gasteiger partial charge on any atom is 0.250 e. The average Bonchev–Trinajstić information content (AvgIpc) is 2.47. The molecule has 1 aromatic carbocycles. The second-order valence-electron chi connectivity index (χ2n) is 4.52. The number of rotatable bonds is 3. The molecule has 1 N–H and O–H groups in total. The smallest absolute Gasteiger partial charge is 0.250 e. The number of nitrogens with zero attached hydrogens (tertiary/aromatic N) is 2. The Kier molecular flexibility index (Phi) is 4.50. The van der Waals surface area contributed by atoms with Gasteiger partial charge in [-0.05, 0) is 17.7 Å². The van der Waals surface area contributed by atoms with E-state index in [2.05, 4.69) is 16.3 Å². The minimum Gasteiger partial charge on any atom is -0.366 e. The predicted molar refractivity (Wildman–Crippen MR) is 70.2 cm³/mol. The molecule has 1 aliphatic rings. The van der Waals surface area contributed by atoms with Crippen LogP contribution in [-0.4, -0.2) is 43.7 Å². The van der Waals surface area contributed by atoms with Crippen molar-refractivity contribution in [3.05, 3.63) is 35.4 Å². The third kappa shape index (κ3) is 3.53. The fraction of sp³-hybridized carbons (Fsp3) is 0.429. The second-order valence-corrected chi connectivity index (χ2v) is 4.52. The van der Waals surface area contributed by atoms with Gasteiger partial charge in [0.1, 0.15) is 6.10 Å². The summed E-state index contributed by atoms with van der Waals surface area (Å²) in [6.07, 6.45) is -0.405. The number of likely N-dealkylation sites (N-methyl/N-ethyl adjacent to an activating group) is 1. The van der Waals surface area contributed by atoms with E-state index in [-0.39, 0.29) is 5.91 Å². The van der Waals surface area contributed by atoms with Crippen LogP contribution in [0.4, 0.5) is 0 Å². The van der Waals surface area contributed by atoms with Gasteiger partial charge < -0.3 is 10.1 Å². The van der Waals surface area contributed by atoms with Crippen LogP contribution in [0.15, 0.2) is 24.3 Å². The van der Waals surface area contributed by atoms with E-state index in [1.807, 2.05) is 18.2 Å². The van der Waals surface area contributed by atoms with Crippen molar-refractivity contribution in [1.82, 2.24) is 10.2 Å². The Labute approximate surface area is 112 Å². The summed E-state index contributed by atoms with van der Waals surface area (Å²) in [5.41, 5.74) is 1.74. The Hall–Kier alpha value is -1.90. The van der Waals surface area contributed by atoms with E-state index >= 15 is 0 Å². The van der Waals surface area contributed by atoms with Gasteiger partial charge in [-0.2, -0.15) is 5.26 Å². The Morgan fingerprint density at radius 1 is 1.63 bits per heavy atom. The molecule has 1 atom stereocenters. The Bertz CT molecular complexity index is 496. The number of hydrogen-bond acceptors (Lipinski definition) is 4. The van der Waals surface area contributed by atoms with E-state index < -0.39 is 6.10 Å². The fourth-order valence-corrected chi connectivity index (χ4v) is 2.16. The second kappa shape index (κ2) is 6.32. The number of amides is 1. The molecule has 1 unspecified atom stereocenters. The summed E-state index contributed by atoms with van der Waals surface area (Å²) in [7, 11) is 1.61. The number of morpholine rings is 1. The molecule has 19 heavy (non-hydrogen) atoms. The summed E-state index contributed by atoms with van der Waals surface area (Å²) in [4.78, 5) is 13.7. The van der Waals surface area contributed by atoms with E-state index in [1.54, 1.807) is 13.1 Å². The number of nitriles is 1. The Morgan fingerprint density at radius 3 is 3.21 bits per heavy atom. The Morgan fingerprint density at radius 2 is 2.47 bits per heavy atom. The van der Waals surface area contributed by atoms with Crippen LogP contribution in [0, 0.1) is 11.3 Å². The lowest BCUT2D eigenvalue weighted by Crippen LogP contribution is -2.48. The first-order valence-electron chi connectivity index (χ1n) is 6.27. The number of hydrogen-bond donors (Lipinski definition) is 1. The van der Waals surface area contributed by atoms with Crippen LogP contribution in [-0.2, 0) is 16.1 Å². The predicted octanol–water partition coefficient (Wildman–Crippen LogP) is 0.505. The van der Waals surface area contributed by atoms with Crippen LogP contribution in [0.2, 0.25) is 0 Å². The third-order valence-electron chi connectivity index (χ3n) is 3.15. The molecule has 5 nitrogen and oxygen atoms in total. The van der Waals surface area contributed by atoms with E-state index in [9.17, 15) is 4.79 Å². The molecule has 0 aliphatic carbocycles. The highest BCUT2D eigenvalue weighted by molar-refractivity contribution is 5.80. The molecule has 1 aromatic rings. The molecule has 5 heteroatoms.